The molecule has 2 aliphatic heterocycles. The van der Waals surface area contributed by atoms with Crippen LogP contribution in [0.2, 0.25) is 5.02 Å². The quantitative estimate of drug-likeness (QED) is 0.821. The van der Waals surface area contributed by atoms with Gasteiger partial charge in [0.15, 0.2) is 0 Å². The smallest absolute Gasteiger partial charge is 0.237 e. The molecule has 0 amide bonds. The van der Waals surface area contributed by atoms with E-state index in [1.54, 1.807) is 4.68 Å². The van der Waals surface area contributed by atoms with E-state index in [9.17, 15) is 4.39 Å². The molecule has 0 bridgehead atoms. The number of alkyl halides is 1. The molecule has 0 aliphatic carbocycles. The molecule has 0 saturated carbocycles. The van der Waals surface area contributed by atoms with Crippen LogP contribution >= 0.6 is 11.6 Å². The van der Waals surface area contributed by atoms with E-state index in [-0.39, 0.29) is 11.9 Å². The van der Waals surface area contributed by atoms with Gasteiger partial charge in [-0.1, -0.05) is 17.7 Å². The van der Waals surface area contributed by atoms with E-state index in [4.69, 9.17) is 21.3 Å². The van der Waals surface area contributed by atoms with Crippen molar-refractivity contribution in [3.63, 3.8) is 0 Å². The van der Waals surface area contributed by atoms with Gasteiger partial charge in [0.25, 0.3) is 0 Å². The number of nitrogens with zero attached hydrogens (tertiary/aromatic N) is 4. The highest BCUT2D eigenvalue weighted by atomic mass is 35.5. The second-order valence-corrected chi connectivity index (χ2v) is 6.59. The van der Waals surface area contributed by atoms with E-state index in [2.05, 4.69) is 29.9 Å². The van der Waals surface area contributed by atoms with E-state index >= 15 is 0 Å². The van der Waals surface area contributed by atoms with Crippen molar-refractivity contribution in [1.82, 2.24) is 14.7 Å². The van der Waals surface area contributed by atoms with Crippen molar-refractivity contribution < 1.29 is 9.13 Å². The molecule has 1 aromatic rings. The minimum atomic E-state index is -1.45. The molecule has 2 aliphatic rings. The zero-order valence-electron chi connectivity index (χ0n) is 14.6. The molecule has 3 rings (SSSR count). The molecule has 0 aromatic carbocycles. The monoisotopic (exact) mass is 352 g/mol. The van der Waals surface area contributed by atoms with Gasteiger partial charge >= 0.3 is 0 Å². The Balaban J connectivity index is 2.13. The molecule has 0 spiro atoms. The number of aromatic nitrogens is 2. The maximum Gasteiger partial charge on any atom is 0.237 e. The van der Waals surface area contributed by atoms with Crippen molar-refractivity contribution >= 4 is 23.1 Å². The van der Waals surface area contributed by atoms with Crippen molar-refractivity contribution in [1.29, 1.82) is 0 Å². The number of amidine groups is 1. The van der Waals surface area contributed by atoms with Gasteiger partial charge in [-0.25, -0.2) is 9.07 Å². The fourth-order valence-electron chi connectivity index (χ4n) is 3.22. The van der Waals surface area contributed by atoms with Crippen molar-refractivity contribution in [2.24, 2.45) is 4.99 Å². The molecule has 0 N–H and O–H groups in total. The second-order valence-electron chi connectivity index (χ2n) is 6.22. The molecule has 1 aromatic heterocycles. The Morgan fingerprint density at radius 3 is 2.79 bits per heavy atom. The molecule has 2 atom stereocenters. The zero-order chi connectivity index (χ0) is 17.6. The normalized spacial score (nSPS) is 21.6. The van der Waals surface area contributed by atoms with Crippen molar-refractivity contribution in [3.8, 4) is 5.88 Å². The second kappa shape index (κ2) is 6.24. The maximum absolute atomic E-state index is 13.4. The first-order valence-electron chi connectivity index (χ1n) is 8.15. The van der Waals surface area contributed by atoms with E-state index in [1.807, 2.05) is 13.8 Å². The fourth-order valence-corrected chi connectivity index (χ4v) is 3.49. The zero-order valence-corrected chi connectivity index (χ0v) is 15.4. The highest BCUT2D eigenvalue weighted by molar-refractivity contribution is 6.33. The Labute approximate surface area is 146 Å². The third-order valence-electron chi connectivity index (χ3n) is 4.12. The number of rotatable bonds is 4. The molecular weight excluding hydrogens is 331 g/mol. The Hall–Kier alpha value is -1.82. The Morgan fingerprint density at radius 1 is 1.46 bits per heavy atom. The predicted molar refractivity (Wildman–Crippen MR) is 94.1 cm³/mol. The highest BCUT2D eigenvalue weighted by Gasteiger charge is 2.34. The highest BCUT2D eigenvalue weighted by Crippen LogP contribution is 2.40. The summed E-state index contributed by atoms with van der Waals surface area (Å²) in [5, 5.41) is 4.91. The van der Waals surface area contributed by atoms with Gasteiger partial charge < -0.3 is 9.64 Å². The van der Waals surface area contributed by atoms with Crippen LogP contribution < -0.4 is 4.74 Å². The molecular formula is C17H22ClFN4O. The van der Waals surface area contributed by atoms with E-state index in [1.165, 1.54) is 6.92 Å². The summed E-state index contributed by atoms with van der Waals surface area (Å²) in [5.41, 5.74) is 3.71. The minimum Gasteiger partial charge on any atom is -0.442 e. The van der Waals surface area contributed by atoms with E-state index < -0.39 is 6.36 Å². The summed E-state index contributed by atoms with van der Waals surface area (Å²) in [6.07, 6.45) is 0.632. The number of allylic oxidation sites excluding steroid dienone is 2. The van der Waals surface area contributed by atoms with Gasteiger partial charge in [0.05, 0.1) is 11.7 Å². The summed E-state index contributed by atoms with van der Waals surface area (Å²) in [6.45, 7) is 10.7. The first-order chi connectivity index (χ1) is 11.3. The molecule has 0 saturated heterocycles. The summed E-state index contributed by atoms with van der Waals surface area (Å²) < 4.78 is 20.2. The van der Waals surface area contributed by atoms with E-state index in [0.717, 1.165) is 29.2 Å². The third-order valence-corrected chi connectivity index (χ3v) is 4.46. The number of halogens is 2. The van der Waals surface area contributed by atoms with Gasteiger partial charge in [0, 0.05) is 20.0 Å². The summed E-state index contributed by atoms with van der Waals surface area (Å²) in [6, 6.07) is 0.206. The Bertz CT molecular complexity index is 763. The molecule has 5 nitrogen and oxygen atoms in total. The summed E-state index contributed by atoms with van der Waals surface area (Å²) in [5.74, 6) is 1.22. The largest absolute Gasteiger partial charge is 0.442 e. The fraction of sp³-hybridized carbons (Fsp3) is 0.529. The number of hydrogen-bond donors (Lipinski definition) is 0. The Kier molecular flexibility index (Phi) is 4.42. The van der Waals surface area contributed by atoms with Gasteiger partial charge in [-0.2, -0.15) is 5.10 Å². The first kappa shape index (κ1) is 17.0. The van der Waals surface area contributed by atoms with Crippen LogP contribution in [0.25, 0.3) is 5.70 Å². The lowest BCUT2D eigenvalue weighted by molar-refractivity contribution is 0.0752. The third kappa shape index (κ3) is 2.73. The van der Waals surface area contributed by atoms with Crippen molar-refractivity contribution in [3.05, 3.63) is 27.9 Å². The average molecular weight is 353 g/mol. The van der Waals surface area contributed by atoms with Gasteiger partial charge in [-0.3, -0.25) is 4.99 Å². The maximum atomic E-state index is 13.4. The van der Waals surface area contributed by atoms with Crippen LogP contribution in [0.3, 0.4) is 0 Å². The van der Waals surface area contributed by atoms with Gasteiger partial charge in [0.1, 0.15) is 16.6 Å². The topological polar surface area (TPSA) is 42.7 Å². The van der Waals surface area contributed by atoms with Gasteiger partial charge in [-0.05, 0) is 38.8 Å². The van der Waals surface area contributed by atoms with Gasteiger partial charge in [0.2, 0.25) is 12.2 Å². The van der Waals surface area contributed by atoms with Gasteiger partial charge in [-0.15, -0.1) is 0 Å². The molecule has 0 fully saturated rings. The van der Waals surface area contributed by atoms with Crippen LogP contribution in [-0.2, 0) is 6.54 Å². The molecule has 24 heavy (non-hydrogen) atoms. The SMILES string of the molecule is CCn1nc(C2=C(C)C=C(C)C3=NC(C)CN32)c(Cl)c1OC(C)F. The van der Waals surface area contributed by atoms with Crippen molar-refractivity contribution in [2.45, 2.75) is 53.6 Å². The Morgan fingerprint density at radius 2 is 2.17 bits per heavy atom. The lowest BCUT2D eigenvalue weighted by Gasteiger charge is -2.28. The van der Waals surface area contributed by atoms with Crippen LogP contribution in [0.4, 0.5) is 4.39 Å². The molecule has 0 radical (unpaired) electrons. The molecule has 7 heteroatoms. The average Bonchev–Trinajstić information content (AvgIpc) is 3.02. The van der Waals surface area contributed by atoms with Crippen LogP contribution in [-0.4, -0.2) is 39.5 Å². The molecule has 130 valence electrons. The number of hydrogen-bond acceptors (Lipinski definition) is 4. The van der Waals surface area contributed by atoms with Crippen LogP contribution in [0.15, 0.2) is 22.2 Å². The number of ether oxygens (including phenoxy) is 1. The summed E-state index contributed by atoms with van der Waals surface area (Å²) >= 11 is 6.52. The molecule has 3 heterocycles. The standard InChI is InChI=1S/C17H22ClFN4O/c1-6-23-17(24-12(5)19)13(18)14(21-23)15-9(2)7-10(3)16-20-11(4)8-22(15)16/h7,11-12H,6,8H2,1-5H3. The minimum absolute atomic E-state index is 0.206. The van der Waals surface area contributed by atoms with E-state index in [0.29, 0.717) is 17.3 Å². The first-order valence-corrected chi connectivity index (χ1v) is 8.53. The summed E-state index contributed by atoms with van der Waals surface area (Å²) in [7, 11) is 0. The predicted octanol–water partition coefficient (Wildman–Crippen LogP) is 4.04. The number of aliphatic imine (C=N–C) groups is 1. The van der Waals surface area contributed by atoms with Crippen LogP contribution in [0, 0.1) is 0 Å². The molecule has 2 unspecified atom stereocenters. The number of aryl methyl sites for hydroxylation is 1. The summed E-state index contributed by atoms with van der Waals surface area (Å²) in [4.78, 5) is 6.85. The lowest BCUT2D eigenvalue weighted by Crippen LogP contribution is -2.31. The van der Waals surface area contributed by atoms with Crippen LogP contribution in [0.1, 0.15) is 40.3 Å². The van der Waals surface area contributed by atoms with Crippen molar-refractivity contribution in [2.75, 3.05) is 6.54 Å². The number of fused-ring (bicyclic) bond motifs is 1. The van der Waals surface area contributed by atoms with Crippen LogP contribution in [0.5, 0.6) is 5.88 Å². The lowest BCUT2D eigenvalue weighted by atomic mass is 10.0.